The summed E-state index contributed by atoms with van der Waals surface area (Å²) in [5.74, 6) is 0.969. The van der Waals surface area contributed by atoms with Crippen molar-refractivity contribution < 1.29 is 14.3 Å². The number of H-pyrrole nitrogens is 1. The maximum Gasteiger partial charge on any atom is 0.283 e. The first kappa shape index (κ1) is 24.5. The normalized spacial score (nSPS) is 11.1. The first-order valence-corrected chi connectivity index (χ1v) is 12.7. The highest BCUT2D eigenvalue weighted by Gasteiger charge is 2.19. The van der Waals surface area contributed by atoms with E-state index in [-0.39, 0.29) is 17.2 Å². The molecule has 0 bridgehead atoms. The van der Waals surface area contributed by atoms with E-state index in [2.05, 4.69) is 10.3 Å². The van der Waals surface area contributed by atoms with E-state index < -0.39 is 0 Å². The zero-order valence-corrected chi connectivity index (χ0v) is 21.5. The van der Waals surface area contributed by atoms with Gasteiger partial charge in [-0.2, -0.15) is 0 Å². The lowest BCUT2D eigenvalue weighted by atomic mass is 10.1. The number of nitrogens with one attached hydrogen (secondary N) is 2. The van der Waals surface area contributed by atoms with Crippen molar-refractivity contribution in [2.75, 3.05) is 20.0 Å². The van der Waals surface area contributed by atoms with Gasteiger partial charge >= 0.3 is 0 Å². The van der Waals surface area contributed by atoms with Crippen LogP contribution in [0.4, 0.5) is 0 Å². The molecular weight excluding hydrogens is 488 g/mol. The van der Waals surface area contributed by atoms with E-state index in [0.717, 1.165) is 22.0 Å². The Kier molecular flexibility index (Phi) is 6.87. The predicted octanol–water partition coefficient (Wildman–Crippen LogP) is 4.60. The number of hydrogen-bond acceptors (Lipinski definition) is 6. The summed E-state index contributed by atoms with van der Waals surface area (Å²) in [7, 11) is 3.09. The molecule has 3 aromatic carbocycles. The number of carbonyl (C=O) groups excluding carboxylic acids is 1. The largest absolute Gasteiger partial charge is 0.493 e. The molecule has 0 spiro atoms. The number of thioether (sulfide) groups is 1. The number of aromatic nitrogens is 3. The minimum Gasteiger partial charge on any atom is -0.493 e. The second kappa shape index (κ2) is 10.4. The molecule has 2 N–H and O–H groups in total. The summed E-state index contributed by atoms with van der Waals surface area (Å²) in [6.45, 7) is 2.45. The quantitative estimate of drug-likeness (QED) is 0.232. The molecule has 2 heterocycles. The van der Waals surface area contributed by atoms with Gasteiger partial charge in [0.25, 0.3) is 5.56 Å². The summed E-state index contributed by atoms with van der Waals surface area (Å²) in [4.78, 5) is 34.5. The Balaban J connectivity index is 1.52. The van der Waals surface area contributed by atoms with Crippen molar-refractivity contribution in [2.45, 2.75) is 18.6 Å². The van der Waals surface area contributed by atoms with Gasteiger partial charge in [-0.25, -0.2) is 4.98 Å². The number of benzene rings is 3. The van der Waals surface area contributed by atoms with Crippen molar-refractivity contribution >= 4 is 39.6 Å². The minimum absolute atomic E-state index is 0.0967. The van der Waals surface area contributed by atoms with Crippen LogP contribution in [0.25, 0.3) is 27.6 Å². The third-order valence-corrected chi connectivity index (χ3v) is 7.00. The van der Waals surface area contributed by atoms with E-state index in [0.29, 0.717) is 39.9 Å². The van der Waals surface area contributed by atoms with Crippen LogP contribution in [0.5, 0.6) is 11.5 Å². The molecule has 0 fully saturated rings. The van der Waals surface area contributed by atoms with Crippen molar-refractivity contribution in [2.24, 2.45) is 0 Å². The van der Waals surface area contributed by atoms with Gasteiger partial charge in [0.2, 0.25) is 5.91 Å². The van der Waals surface area contributed by atoms with Gasteiger partial charge in [0.1, 0.15) is 11.0 Å². The Morgan fingerprint density at radius 2 is 1.78 bits per heavy atom. The van der Waals surface area contributed by atoms with Crippen LogP contribution in [-0.4, -0.2) is 40.4 Å². The molecule has 0 unspecified atom stereocenters. The highest BCUT2D eigenvalue weighted by molar-refractivity contribution is 7.99. The lowest BCUT2D eigenvalue weighted by Crippen LogP contribution is -2.26. The molecule has 5 rings (SSSR count). The summed E-state index contributed by atoms with van der Waals surface area (Å²) in [5, 5.41) is 4.19. The molecule has 188 valence electrons. The van der Waals surface area contributed by atoms with Crippen LogP contribution in [0.3, 0.4) is 0 Å². The van der Waals surface area contributed by atoms with Gasteiger partial charge < -0.3 is 19.8 Å². The number of aromatic amines is 1. The second-order valence-electron chi connectivity index (χ2n) is 8.52. The fraction of sp³-hybridized carbons (Fsp3) is 0.179. The second-order valence-corrected chi connectivity index (χ2v) is 9.46. The van der Waals surface area contributed by atoms with E-state index >= 15 is 0 Å². The number of methoxy groups -OCH3 is 2. The lowest BCUT2D eigenvalue weighted by Gasteiger charge is -2.14. The van der Waals surface area contributed by atoms with Gasteiger partial charge in [-0.3, -0.25) is 14.2 Å². The number of nitrogens with zero attached hydrogens (tertiary/aromatic N) is 2. The van der Waals surface area contributed by atoms with Gasteiger partial charge in [-0.1, -0.05) is 59.8 Å². The van der Waals surface area contributed by atoms with E-state index in [1.807, 2.05) is 55.5 Å². The molecule has 5 aromatic rings. The molecule has 8 nitrogen and oxygen atoms in total. The van der Waals surface area contributed by atoms with E-state index in [4.69, 9.17) is 14.5 Å². The fourth-order valence-corrected chi connectivity index (χ4v) is 4.95. The lowest BCUT2D eigenvalue weighted by molar-refractivity contribution is -0.118. The van der Waals surface area contributed by atoms with Crippen LogP contribution in [0, 0.1) is 6.92 Å². The van der Waals surface area contributed by atoms with Crippen molar-refractivity contribution in [1.82, 2.24) is 19.9 Å². The monoisotopic (exact) mass is 514 g/mol. The topological polar surface area (TPSA) is 98.2 Å². The third kappa shape index (κ3) is 4.90. The molecule has 0 radical (unpaired) electrons. The molecule has 1 amide bonds. The minimum atomic E-state index is -0.268. The fourth-order valence-electron chi connectivity index (χ4n) is 4.12. The Morgan fingerprint density at radius 1 is 1.03 bits per heavy atom. The molecule has 0 saturated carbocycles. The summed E-state index contributed by atoms with van der Waals surface area (Å²) in [6, 6.07) is 20.9. The van der Waals surface area contributed by atoms with Crippen LogP contribution in [0.15, 0.2) is 76.7 Å². The Morgan fingerprint density at radius 3 is 2.54 bits per heavy atom. The SMILES string of the molecule is COc1ccc(-n2c(SCC(=O)NCc3ccc(C)cc3)nc3c([nH]c4ccccc43)c2=O)cc1OC. The third-order valence-electron chi connectivity index (χ3n) is 6.06. The van der Waals surface area contributed by atoms with Crippen LogP contribution < -0.4 is 20.3 Å². The van der Waals surface area contributed by atoms with E-state index in [1.165, 1.54) is 23.4 Å². The van der Waals surface area contributed by atoms with Gasteiger partial charge in [0, 0.05) is 23.5 Å². The number of fused-ring (bicyclic) bond motifs is 3. The summed E-state index contributed by atoms with van der Waals surface area (Å²) in [5.41, 5.74) is 4.25. The van der Waals surface area contributed by atoms with Crippen molar-refractivity contribution in [3.63, 3.8) is 0 Å². The number of hydrogen-bond donors (Lipinski definition) is 2. The molecule has 0 atom stereocenters. The molecule has 0 saturated heterocycles. The van der Waals surface area contributed by atoms with E-state index in [9.17, 15) is 9.59 Å². The number of amides is 1. The number of ether oxygens (including phenoxy) is 2. The number of carbonyl (C=O) groups is 1. The summed E-state index contributed by atoms with van der Waals surface area (Å²) >= 11 is 1.21. The first-order chi connectivity index (χ1) is 18.0. The molecule has 37 heavy (non-hydrogen) atoms. The number of para-hydroxylation sites is 1. The van der Waals surface area contributed by atoms with Crippen molar-refractivity contribution in [1.29, 1.82) is 0 Å². The Bertz CT molecular complexity index is 1660. The first-order valence-electron chi connectivity index (χ1n) is 11.7. The molecule has 9 heteroatoms. The summed E-state index contributed by atoms with van der Waals surface area (Å²) < 4.78 is 12.3. The van der Waals surface area contributed by atoms with Gasteiger partial charge in [0.15, 0.2) is 16.7 Å². The molecule has 0 aliphatic carbocycles. The molecule has 2 aromatic heterocycles. The molecular formula is C28H26N4O4S. The zero-order chi connectivity index (χ0) is 25.9. The van der Waals surface area contributed by atoms with Crippen LogP contribution >= 0.6 is 11.8 Å². The van der Waals surface area contributed by atoms with Crippen LogP contribution in [0.1, 0.15) is 11.1 Å². The van der Waals surface area contributed by atoms with Gasteiger partial charge in [-0.15, -0.1) is 0 Å². The zero-order valence-electron chi connectivity index (χ0n) is 20.7. The van der Waals surface area contributed by atoms with Crippen LogP contribution in [-0.2, 0) is 11.3 Å². The van der Waals surface area contributed by atoms with Crippen molar-refractivity contribution in [3.8, 4) is 17.2 Å². The number of aryl methyl sites for hydroxylation is 1. The smallest absolute Gasteiger partial charge is 0.283 e. The Labute approximate surface area is 217 Å². The van der Waals surface area contributed by atoms with Gasteiger partial charge in [-0.05, 0) is 30.7 Å². The molecule has 0 aliphatic rings. The van der Waals surface area contributed by atoms with Gasteiger partial charge in [0.05, 0.1) is 25.7 Å². The maximum atomic E-state index is 13.8. The predicted molar refractivity (Wildman–Crippen MR) is 146 cm³/mol. The number of rotatable bonds is 8. The highest BCUT2D eigenvalue weighted by Crippen LogP contribution is 2.31. The summed E-state index contributed by atoms with van der Waals surface area (Å²) in [6.07, 6.45) is 0. The van der Waals surface area contributed by atoms with Crippen LogP contribution in [0.2, 0.25) is 0 Å². The van der Waals surface area contributed by atoms with E-state index in [1.54, 1.807) is 25.3 Å². The molecule has 0 aliphatic heterocycles. The average molecular weight is 515 g/mol. The maximum absolute atomic E-state index is 13.8. The Hall–Kier alpha value is -4.24. The highest BCUT2D eigenvalue weighted by atomic mass is 32.2. The average Bonchev–Trinajstić information content (AvgIpc) is 3.30. The van der Waals surface area contributed by atoms with Crippen molar-refractivity contribution in [3.05, 3.63) is 88.2 Å². The standard InChI is InChI=1S/C28H26N4O4S/c1-17-8-10-18(11-9-17)15-29-24(33)16-37-28-31-25-20-6-4-5-7-21(20)30-26(25)27(34)32(28)19-12-13-22(35-2)23(14-19)36-3/h4-14,30H,15-16H2,1-3H3,(H,29,33).